The van der Waals surface area contributed by atoms with Crippen LogP contribution < -0.4 is 5.73 Å². The van der Waals surface area contributed by atoms with Gasteiger partial charge in [0, 0.05) is 12.1 Å². The van der Waals surface area contributed by atoms with Crippen molar-refractivity contribution in [3.05, 3.63) is 41.3 Å². The lowest BCUT2D eigenvalue weighted by Gasteiger charge is -2.12. The molecule has 0 saturated carbocycles. The normalized spacial score (nSPS) is 10.9. The largest absolute Gasteiger partial charge is 0.464 e. The molecular weight excluding hydrogens is 266 g/mol. The van der Waals surface area contributed by atoms with Crippen LogP contribution in [0, 0.1) is 0 Å². The second-order valence-electron chi connectivity index (χ2n) is 5.19. The van der Waals surface area contributed by atoms with E-state index in [0.29, 0.717) is 18.2 Å². The first-order valence-electron chi connectivity index (χ1n) is 7.05. The quantitative estimate of drug-likeness (QED) is 0.878. The molecule has 0 aliphatic heterocycles. The van der Waals surface area contributed by atoms with Crippen LogP contribution in [0.2, 0.25) is 0 Å². The van der Waals surface area contributed by atoms with Crippen molar-refractivity contribution >= 4 is 11.8 Å². The van der Waals surface area contributed by atoms with Gasteiger partial charge < -0.3 is 10.5 Å². The Morgan fingerprint density at radius 2 is 2.14 bits per heavy atom. The standard InChI is InChI=1S/C16H21N3O2/c1-5-13-18-14(16(20)21-4)15(17)19(13)12-8-6-7-11(9-12)10(2)3/h6-10H,5,17H2,1-4H3. The van der Waals surface area contributed by atoms with Gasteiger partial charge in [0.1, 0.15) is 11.6 Å². The zero-order valence-electron chi connectivity index (χ0n) is 12.9. The van der Waals surface area contributed by atoms with Crippen molar-refractivity contribution in [3.63, 3.8) is 0 Å². The van der Waals surface area contributed by atoms with E-state index in [1.165, 1.54) is 12.7 Å². The van der Waals surface area contributed by atoms with E-state index in [2.05, 4.69) is 31.0 Å². The zero-order valence-corrected chi connectivity index (χ0v) is 12.9. The van der Waals surface area contributed by atoms with E-state index in [1.807, 2.05) is 23.6 Å². The van der Waals surface area contributed by atoms with Crippen LogP contribution in [0.5, 0.6) is 0 Å². The van der Waals surface area contributed by atoms with Gasteiger partial charge in [0.2, 0.25) is 0 Å². The number of nitrogens with zero attached hydrogens (tertiary/aromatic N) is 2. The third-order valence-electron chi connectivity index (χ3n) is 3.47. The Morgan fingerprint density at radius 3 is 2.71 bits per heavy atom. The van der Waals surface area contributed by atoms with Crippen molar-refractivity contribution < 1.29 is 9.53 Å². The summed E-state index contributed by atoms with van der Waals surface area (Å²) in [5.74, 6) is 0.967. The van der Waals surface area contributed by atoms with E-state index in [9.17, 15) is 4.79 Å². The number of nitrogen functional groups attached to an aromatic ring is 1. The van der Waals surface area contributed by atoms with E-state index in [-0.39, 0.29) is 5.69 Å². The number of hydrogen-bond donors (Lipinski definition) is 1. The molecule has 1 aromatic carbocycles. The molecule has 112 valence electrons. The van der Waals surface area contributed by atoms with Gasteiger partial charge in [0.05, 0.1) is 7.11 Å². The number of hydrogen-bond acceptors (Lipinski definition) is 4. The molecule has 0 aliphatic carbocycles. The van der Waals surface area contributed by atoms with Crippen molar-refractivity contribution in [3.8, 4) is 5.69 Å². The number of carbonyl (C=O) groups is 1. The molecule has 5 nitrogen and oxygen atoms in total. The third kappa shape index (κ3) is 2.77. The molecule has 0 radical (unpaired) electrons. The fraction of sp³-hybridized carbons (Fsp3) is 0.375. The summed E-state index contributed by atoms with van der Waals surface area (Å²) in [7, 11) is 1.33. The first-order valence-corrected chi connectivity index (χ1v) is 7.05. The molecule has 21 heavy (non-hydrogen) atoms. The molecule has 1 heterocycles. The van der Waals surface area contributed by atoms with Crippen LogP contribution in [-0.2, 0) is 11.2 Å². The Labute approximate surface area is 124 Å². The van der Waals surface area contributed by atoms with Gasteiger partial charge in [-0.25, -0.2) is 9.78 Å². The lowest BCUT2D eigenvalue weighted by atomic mass is 10.0. The highest BCUT2D eigenvalue weighted by Crippen LogP contribution is 2.24. The monoisotopic (exact) mass is 287 g/mol. The molecule has 1 aromatic heterocycles. The molecule has 0 aliphatic rings. The molecular formula is C16H21N3O2. The number of aryl methyl sites for hydroxylation is 1. The molecule has 0 fully saturated rings. The van der Waals surface area contributed by atoms with Crippen LogP contribution in [0.25, 0.3) is 5.69 Å². The van der Waals surface area contributed by atoms with E-state index in [0.717, 1.165) is 11.5 Å². The van der Waals surface area contributed by atoms with E-state index in [4.69, 9.17) is 10.5 Å². The Hall–Kier alpha value is -2.30. The maximum atomic E-state index is 11.7. The lowest BCUT2D eigenvalue weighted by molar-refractivity contribution is 0.0596. The van der Waals surface area contributed by atoms with Crippen LogP contribution in [0.1, 0.15) is 48.6 Å². The number of nitrogens with two attached hydrogens (primary N) is 1. The number of methoxy groups -OCH3 is 1. The molecule has 2 rings (SSSR count). The summed E-state index contributed by atoms with van der Waals surface area (Å²) in [6.45, 7) is 6.25. The van der Waals surface area contributed by atoms with Crippen molar-refractivity contribution in [1.29, 1.82) is 0 Å². The summed E-state index contributed by atoms with van der Waals surface area (Å²) in [5, 5.41) is 0. The Balaban J connectivity index is 2.60. The fourth-order valence-corrected chi connectivity index (χ4v) is 2.28. The average molecular weight is 287 g/mol. The number of esters is 1. The maximum absolute atomic E-state index is 11.7. The van der Waals surface area contributed by atoms with Crippen LogP contribution in [0.3, 0.4) is 0 Å². The minimum absolute atomic E-state index is 0.171. The van der Waals surface area contributed by atoms with Gasteiger partial charge in [-0.3, -0.25) is 4.57 Å². The third-order valence-corrected chi connectivity index (χ3v) is 3.47. The second kappa shape index (κ2) is 5.99. The van der Waals surface area contributed by atoms with Crippen LogP contribution in [0.4, 0.5) is 5.82 Å². The number of carbonyl (C=O) groups excluding carboxylic acids is 1. The summed E-state index contributed by atoms with van der Waals surface area (Å²) >= 11 is 0. The number of anilines is 1. The Bertz CT molecular complexity index is 660. The summed E-state index contributed by atoms with van der Waals surface area (Å²) in [5.41, 5.74) is 8.41. The first kappa shape index (κ1) is 15.1. The number of aromatic nitrogens is 2. The summed E-state index contributed by atoms with van der Waals surface area (Å²) < 4.78 is 6.55. The van der Waals surface area contributed by atoms with Gasteiger partial charge in [-0.2, -0.15) is 0 Å². The average Bonchev–Trinajstić information content (AvgIpc) is 2.83. The van der Waals surface area contributed by atoms with E-state index >= 15 is 0 Å². The van der Waals surface area contributed by atoms with Gasteiger partial charge in [-0.05, 0) is 23.6 Å². The fourth-order valence-electron chi connectivity index (χ4n) is 2.28. The minimum Gasteiger partial charge on any atom is -0.464 e. The molecule has 0 spiro atoms. The minimum atomic E-state index is -0.513. The van der Waals surface area contributed by atoms with Crippen molar-refractivity contribution in [1.82, 2.24) is 9.55 Å². The van der Waals surface area contributed by atoms with Crippen LogP contribution in [-0.4, -0.2) is 22.6 Å². The molecule has 0 atom stereocenters. The summed E-state index contributed by atoms with van der Waals surface area (Å²) in [6.07, 6.45) is 0.674. The highest BCUT2D eigenvalue weighted by atomic mass is 16.5. The topological polar surface area (TPSA) is 70.1 Å². The predicted molar refractivity (Wildman–Crippen MR) is 82.8 cm³/mol. The van der Waals surface area contributed by atoms with Gasteiger partial charge in [-0.1, -0.05) is 32.9 Å². The lowest BCUT2D eigenvalue weighted by Crippen LogP contribution is -2.08. The van der Waals surface area contributed by atoms with Crippen LogP contribution in [0.15, 0.2) is 24.3 Å². The van der Waals surface area contributed by atoms with Gasteiger partial charge >= 0.3 is 5.97 Å². The summed E-state index contributed by atoms with van der Waals surface area (Å²) in [6, 6.07) is 8.10. The second-order valence-corrected chi connectivity index (χ2v) is 5.19. The Kier molecular flexibility index (Phi) is 4.31. The number of rotatable bonds is 4. The molecule has 2 N–H and O–H groups in total. The van der Waals surface area contributed by atoms with Crippen molar-refractivity contribution in [2.45, 2.75) is 33.1 Å². The molecule has 0 bridgehead atoms. The highest BCUT2D eigenvalue weighted by molar-refractivity contribution is 5.92. The molecule has 0 saturated heterocycles. The molecule has 5 heteroatoms. The van der Waals surface area contributed by atoms with E-state index in [1.54, 1.807) is 0 Å². The molecule has 0 amide bonds. The van der Waals surface area contributed by atoms with Crippen LogP contribution >= 0.6 is 0 Å². The summed E-state index contributed by atoms with van der Waals surface area (Å²) in [4.78, 5) is 16.1. The van der Waals surface area contributed by atoms with Gasteiger partial charge in [0.25, 0.3) is 0 Å². The van der Waals surface area contributed by atoms with Crippen molar-refractivity contribution in [2.75, 3.05) is 12.8 Å². The molecule has 2 aromatic rings. The zero-order chi connectivity index (χ0) is 15.6. The molecule has 0 unspecified atom stereocenters. The van der Waals surface area contributed by atoms with Gasteiger partial charge in [0.15, 0.2) is 5.69 Å². The highest BCUT2D eigenvalue weighted by Gasteiger charge is 2.21. The smallest absolute Gasteiger partial charge is 0.360 e. The van der Waals surface area contributed by atoms with E-state index < -0.39 is 5.97 Å². The number of benzene rings is 1. The van der Waals surface area contributed by atoms with Crippen molar-refractivity contribution in [2.24, 2.45) is 0 Å². The number of imidazole rings is 1. The maximum Gasteiger partial charge on any atom is 0.360 e. The van der Waals surface area contributed by atoms with Gasteiger partial charge in [-0.15, -0.1) is 0 Å². The SMILES string of the molecule is CCc1nc(C(=O)OC)c(N)n1-c1cccc(C(C)C)c1. The first-order chi connectivity index (χ1) is 9.99. The predicted octanol–water partition coefficient (Wildman–Crippen LogP) is 2.93. The Morgan fingerprint density at radius 1 is 1.43 bits per heavy atom. The number of ether oxygens (including phenoxy) is 1.